The van der Waals surface area contributed by atoms with Gasteiger partial charge in [-0.3, -0.25) is 4.99 Å². The molecule has 0 aliphatic heterocycles. The quantitative estimate of drug-likeness (QED) is 0.423. The van der Waals surface area contributed by atoms with Crippen molar-refractivity contribution in [2.24, 2.45) is 10.7 Å². The second kappa shape index (κ2) is 7.97. The van der Waals surface area contributed by atoms with Crippen molar-refractivity contribution < 1.29 is 39.5 Å². The Morgan fingerprint density at radius 2 is 1.71 bits per heavy atom. The first-order valence-corrected chi connectivity index (χ1v) is 7.89. The number of aliphatic imine (C=N–C) groups is 1. The number of hydrogen-bond donors (Lipinski definition) is 1. The molecule has 2 aromatic rings. The van der Waals surface area contributed by atoms with Crippen LogP contribution >= 0.6 is 0 Å². The average Bonchev–Trinajstić information content (AvgIpc) is 3.13. The maximum Gasteiger partial charge on any atom is 0.459 e. The van der Waals surface area contributed by atoms with E-state index >= 15 is 0 Å². The zero-order valence-corrected chi connectivity index (χ0v) is 15.2. The minimum atomic E-state index is -6.40. The van der Waals surface area contributed by atoms with E-state index in [1.165, 1.54) is 0 Å². The highest BCUT2D eigenvalue weighted by Crippen LogP contribution is 2.43. The van der Waals surface area contributed by atoms with Crippen molar-refractivity contribution >= 4 is 5.84 Å². The highest BCUT2D eigenvalue weighted by molar-refractivity contribution is 6.01. The number of allylic oxidation sites excluding steroid dienone is 2. The number of halogens is 9. The summed E-state index contributed by atoms with van der Waals surface area (Å²) in [6, 6.07) is 4.61. The van der Waals surface area contributed by atoms with Gasteiger partial charge in [0.2, 0.25) is 0 Å². The Labute approximate surface area is 167 Å². The van der Waals surface area contributed by atoms with Crippen LogP contribution in [-0.2, 0) is 0 Å². The Morgan fingerprint density at radius 1 is 1.10 bits per heavy atom. The Hall–Kier alpha value is -3.50. The zero-order chi connectivity index (χ0) is 23.8. The van der Waals surface area contributed by atoms with Crippen LogP contribution in [0.5, 0.6) is 0 Å². The third-order valence-corrected chi connectivity index (χ3v) is 3.90. The third-order valence-electron chi connectivity index (χ3n) is 3.90. The molecule has 0 saturated heterocycles. The number of alkyl halides is 8. The lowest BCUT2D eigenvalue weighted by atomic mass is 10.1. The first-order chi connectivity index (χ1) is 14.1. The van der Waals surface area contributed by atoms with Gasteiger partial charge in [0.15, 0.2) is 5.84 Å². The largest absolute Gasteiger partial charge is 0.459 e. The molecule has 0 bridgehead atoms. The van der Waals surface area contributed by atoms with E-state index < -0.39 is 46.8 Å². The van der Waals surface area contributed by atoms with Crippen molar-refractivity contribution in [2.75, 3.05) is 7.05 Å². The molecule has 1 heterocycles. The Morgan fingerprint density at radius 3 is 2.19 bits per heavy atom. The van der Waals surface area contributed by atoms with Crippen LogP contribution in [0.2, 0.25) is 0 Å². The Kier molecular flexibility index (Phi) is 6.11. The van der Waals surface area contributed by atoms with Crippen LogP contribution in [0.25, 0.3) is 11.1 Å². The fourth-order valence-corrected chi connectivity index (χ4v) is 2.42. The van der Waals surface area contributed by atoms with E-state index in [1.54, 1.807) is 6.07 Å². The molecule has 2 N–H and O–H groups in total. The monoisotopic (exact) mass is 455 g/mol. The van der Waals surface area contributed by atoms with Crippen molar-refractivity contribution in [3.8, 4) is 17.2 Å². The molecule has 14 heteroatoms. The van der Waals surface area contributed by atoms with Crippen LogP contribution < -0.4 is 5.73 Å². The standard InChI is InChI=1S/C17H10F9N5/c1-29-14(12(16(21,22)23)13(28)15(19,20)17(24,25)26)31-7-10(6-30-31)8-2-3-11(18)9(4-8)5-27/h2-4,6-7H,28H2,1H3. The molecule has 2 rings (SSSR count). The van der Waals surface area contributed by atoms with E-state index in [1.807, 2.05) is 0 Å². The van der Waals surface area contributed by atoms with Gasteiger partial charge in [0.25, 0.3) is 0 Å². The Bertz CT molecular complexity index is 1080. The van der Waals surface area contributed by atoms with E-state index in [2.05, 4.69) is 15.8 Å². The van der Waals surface area contributed by atoms with E-state index in [9.17, 15) is 39.5 Å². The summed E-state index contributed by atoms with van der Waals surface area (Å²) in [5.74, 6) is -8.33. The predicted molar refractivity (Wildman–Crippen MR) is 89.4 cm³/mol. The van der Waals surface area contributed by atoms with Crippen LogP contribution in [0.4, 0.5) is 39.5 Å². The molecule has 0 unspecified atom stereocenters. The fraction of sp³-hybridized carbons (Fsp3) is 0.235. The second-order valence-electron chi connectivity index (χ2n) is 5.89. The third kappa shape index (κ3) is 4.49. The van der Waals surface area contributed by atoms with Crippen LogP contribution in [-0.4, -0.2) is 40.9 Å². The lowest BCUT2D eigenvalue weighted by molar-refractivity contribution is -0.265. The molecule has 1 aromatic heterocycles. The van der Waals surface area contributed by atoms with Crippen molar-refractivity contribution in [3.63, 3.8) is 0 Å². The highest BCUT2D eigenvalue weighted by Gasteiger charge is 2.62. The smallest absolute Gasteiger partial charge is 0.396 e. The molecule has 0 saturated carbocycles. The van der Waals surface area contributed by atoms with Gasteiger partial charge in [0.05, 0.1) is 11.8 Å². The average molecular weight is 455 g/mol. The molecule has 5 nitrogen and oxygen atoms in total. The molecule has 0 aliphatic rings. The summed E-state index contributed by atoms with van der Waals surface area (Å²) < 4.78 is 119. The van der Waals surface area contributed by atoms with Gasteiger partial charge in [0, 0.05) is 18.8 Å². The highest BCUT2D eigenvalue weighted by atomic mass is 19.4. The summed E-state index contributed by atoms with van der Waals surface area (Å²) in [5, 5.41) is 12.3. The zero-order valence-electron chi connectivity index (χ0n) is 15.2. The van der Waals surface area contributed by atoms with Crippen molar-refractivity contribution in [2.45, 2.75) is 18.3 Å². The molecule has 31 heavy (non-hydrogen) atoms. The second-order valence-corrected chi connectivity index (χ2v) is 5.89. The fourth-order valence-electron chi connectivity index (χ4n) is 2.42. The number of hydrogen-bond acceptors (Lipinski definition) is 4. The van der Waals surface area contributed by atoms with Gasteiger partial charge < -0.3 is 5.73 Å². The van der Waals surface area contributed by atoms with Crippen molar-refractivity contribution in [1.82, 2.24) is 9.78 Å². The van der Waals surface area contributed by atoms with E-state index in [-0.39, 0.29) is 15.8 Å². The lowest BCUT2D eigenvalue weighted by Crippen LogP contribution is -2.45. The van der Waals surface area contributed by atoms with Gasteiger partial charge in [0.1, 0.15) is 23.2 Å². The van der Waals surface area contributed by atoms with Crippen LogP contribution in [0, 0.1) is 17.1 Å². The molecule has 0 atom stereocenters. The minimum absolute atomic E-state index is 0.0136. The van der Waals surface area contributed by atoms with Crippen molar-refractivity contribution in [3.05, 3.63) is 53.2 Å². The number of nitrogens with zero attached hydrogens (tertiary/aromatic N) is 4. The minimum Gasteiger partial charge on any atom is -0.396 e. The number of benzene rings is 1. The molecule has 0 aliphatic carbocycles. The molecule has 0 fully saturated rings. The summed E-state index contributed by atoms with van der Waals surface area (Å²) >= 11 is 0. The van der Waals surface area contributed by atoms with Gasteiger partial charge in [-0.15, -0.1) is 0 Å². The molecule has 1 aromatic carbocycles. The van der Waals surface area contributed by atoms with Crippen LogP contribution in [0.15, 0.2) is 46.9 Å². The van der Waals surface area contributed by atoms with Gasteiger partial charge in [-0.25, -0.2) is 9.07 Å². The van der Waals surface area contributed by atoms with E-state index in [0.717, 1.165) is 30.6 Å². The molecule has 0 amide bonds. The van der Waals surface area contributed by atoms with Gasteiger partial charge in [-0.2, -0.15) is 45.5 Å². The molecular weight excluding hydrogens is 445 g/mol. The maximum absolute atomic E-state index is 13.5. The first kappa shape index (κ1) is 23.8. The van der Waals surface area contributed by atoms with Gasteiger partial charge in [-0.1, -0.05) is 6.07 Å². The van der Waals surface area contributed by atoms with Crippen LogP contribution in [0.3, 0.4) is 0 Å². The summed E-state index contributed by atoms with van der Waals surface area (Å²) in [4.78, 5) is 3.14. The molecule has 0 spiro atoms. The maximum atomic E-state index is 13.5. The number of aromatic nitrogens is 2. The predicted octanol–water partition coefficient (Wildman–Crippen LogP) is 4.41. The van der Waals surface area contributed by atoms with E-state index in [0.29, 0.717) is 7.05 Å². The SMILES string of the molecule is CN=C(C(=C(N)C(F)(F)C(F)(F)F)C(F)(F)F)n1cc(-c2ccc(F)c(C#N)c2)cn1. The normalized spacial score (nSPS) is 14.3. The van der Waals surface area contributed by atoms with Gasteiger partial charge in [-0.05, 0) is 17.7 Å². The lowest BCUT2D eigenvalue weighted by Gasteiger charge is -2.24. The van der Waals surface area contributed by atoms with Gasteiger partial charge >= 0.3 is 18.3 Å². The molecular formula is C17H10F9N5. The summed E-state index contributed by atoms with van der Waals surface area (Å²) in [7, 11) is 0.702. The summed E-state index contributed by atoms with van der Waals surface area (Å²) in [6.07, 6.45) is -10.4. The number of nitrogens with two attached hydrogens (primary N) is 1. The number of rotatable bonds is 3. The molecule has 0 radical (unpaired) electrons. The first-order valence-electron chi connectivity index (χ1n) is 7.89. The summed E-state index contributed by atoms with van der Waals surface area (Å²) in [6.45, 7) is 0. The number of nitriles is 1. The van der Waals surface area contributed by atoms with E-state index in [4.69, 9.17) is 5.26 Å². The van der Waals surface area contributed by atoms with Crippen LogP contribution in [0.1, 0.15) is 5.56 Å². The Balaban J connectivity index is 2.66. The topological polar surface area (TPSA) is 80.0 Å². The van der Waals surface area contributed by atoms with Crippen molar-refractivity contribution in [1.29, 1.82) is 5.26 Å². The summed E-state index contributed by atoms with van der Waals surface area (Å²) in [5.41, 5.74) is -1.01. The molecule has 166 valence electrons.